The van der Waals surface area contributed by atoms with Crippen LogP contribution in [0.1, 0.15) is 39.5 Å². The highest BCUT2D eigenvalue weighted by molar-refractivity contribution is 6.04. The topological polar surface area (TPSA) is 67.2 Å². The minimum atomic E-state index is -2.87. The van der Waals surface area contributed by atoms with Gasteiger partial charge in [0.15, 0.2) is 5.69 Å². The van der Waals surface area contributed by atoms with Crippen molar-refractivity contribution < 1.29 is 22.8 Å². The molecule has 142 valence electrons. The van der Waals surface area contributed by atoms with Crippen LogP contribution in [0.4, 0.5) is 18.9 Å². The Kier molecular flexibility index (Phi) is 5.29. The van der Waals surface area contributed by atoms with Crippen molar-refractivity contribution in [2.24, 2.45) is 0 Å². The van der Waals surface area contributed by atoms with Gasteiger partial charge in [0.05, 0.1) is 0 Å². The lowest BCUT2D eigenvalue weighted by Gasteiger charge is -2.23. The van der Waals surface area contributed by atoms with Gasteiger partial charge < -0.3 is 10.2 Å². The second-order valence-corrected chi connectivity index (χ2v) is 6.09. The molecule has 1 N–H and O–H groups in total. The molecule has 0 saturated heterocycles. The van der Waals surface area contributed by atoms with E-state index in [2.05, 4.69) is 10.4 Å². The van der Waals surface area contributed by atoms with Crippen LogP contribution < -0.4 is 5.32 Å². The third kappa shape index (κ3) is 4.18. The summed E-state index contributed by atoms with van der Waals surface area (Å²) in [4.78, 5) is 26.3. The van der Waals surface area contributed by atoms with Crippen LogP contribution in [-0.2, 0) is 0 Å². The van der Waals surface area contributed by atoms with Gasteiger partial charge in [0, 0.05) is 30.0 Å². The van der Waals surface area contributed by atoms with Crippen molar-refractivity contribution in [3.63, 3.8) is 0 Å². The molecular formula is C18H17F3N4O2. The number of aryl methyl sites for hydroxylation is 1. The molecule has 1 aromatic heterocycles. The second-order valence-electron chi connectivity index (χ2n) is 6.09. The third-order valence-corrected chi connectivity index (χ3v) is 4.09. The number of amides is 2. The average molecular weight is 378 g/mol. The molecule has 0 bridgehead atoms. The summed E-state index contributed by atoms with van der Waals surface area (Å²) in [6.45, 7) is -0.523. The van der Waals surface area contributed by atoms with Crippen LogP contribution in [0.15, 0.2) is 36.4 Å². The number of halogens is 3. The van der Waals surface area contributed by atoms with Gasteiger partial charge in [-0.2, -0.15) is 13.9 Å². The van der Waals surface area contributed by atoms with Gasteiger partial charge in [-0.05, 0) is 37.6 Å². The Bertz CT molecular complexity index is 908. The smallest absolute Gasteiger partial charge is 0.333 e. The molecule has 27 heavy (non-hydrogen) atoms. The molecule has 9 heteroatoms. The lowest BCUT2D eigenvalue weighted by Crippen LogP contribution is -2.33. The second kappa shape index (κ2) is 7.65. The maximum absolute atomic E-state index is 13.9. The van der Waals surface area contributed by atoms with Crippen LogP contribution in [-0.4, -0.2) is 39.6 Å². The Morgan fingerprint density at radius 2 is 1.96 bits per heavy atom. The Morgan fingerprint density at radius 3 is 2.59 bits per heavy atom. The summed E-state index contributed by atoms with van der Waals surface area (Å²) in [5.41, 5.74) is 0.0181. The van der Waals surface area contributed by atoms with E-state index >= 15 is 0 Å². The number of hydrogen-bond donors (Lipinski definition) is 1. The van der Waals surface area contributed by atoms with E-state index in [0.717, 1.165) is 18.6 Å². The number of hydrogen-bond acceptors (Lipinski definition) is 3. The zero-order valence-electron chi connectivity index (χ0n) is 14.5. The van der Waals surface area contributed by atoms with E-state index in [1.807, 2.05) is 12.2 Å². The monoisotopic (exact) mass is 378 g/mol. The first-order valence-electron chi connectivity index (χ1n) is 8.25. The predicted molar refractivity (Wildman–Crippen MR) is 92.2 cm³/mol. The van der Waals surface area contributed by atoms with Gasteiger partial charge in [-0.1, -0.05) is 12.2 Å². The molecule has 3 rings (SSSR count). The predicted octanol–water partition coefficient (Wildman–Crippen LogP) is 3.38. The van der Waals surface area contributed by atoms with E-state index in [1.165, 1.54) is 19.1 Å². The van der Waals surface area contributed by atoms with Gasteiger partial charge in [-0.15, -0.1) is 0 Å². The average Bonchev–Trinajstić information content (AvgIpc) is 3.03. The van der Waals surface area contributed by atoms with Crippen molar-refractivity contribution in [3.05, 3.63) is 59.2 Å². The summed E-state index contributed by atoms with van der Waals surface area (Å²) >= 11 is 0. The van der Waals surface area contributed by atoms with E-state index in [1.54, 1.807) is 4.90 Å². The molecule has 0 fully saturated rings. The number of rotatable bonds is 4. The molecule has 0 radical (unpaired) electrons. The normalized spacial score (nSPS) is 13.9. The molecule has 0 atom stereocenters. The fourth-order valence-electron chi connectivity index (χ4n) is 2.79. The zero-order valence-corrected chi connectivity index (χ0v) is 14.5. The fourth-order valence-corrected chi connectivity index (χ4v) is 2.79. The SMILES string of the molecule is Cc1cc(C(=O)Nc2cc(F)cc(C(=O)N3CC=CCC3)c2)nn1C(F)F. The minimum Gasteiger partial charge on any atom is -0.335 e. The summed E-state index contributed by atoms with van der Waals surface area (Å²) in [5.74, 6) is -1.83. The van der Waals surface area contributed by atoms with Gasteiger partial charge in [0.25, 0.3) is 11.8 Å². The first kappa shape index (κ1) is 18.7. The van der Waals surface area contributed by atoms with Crippen LogP contribution in [0.5, 0.6) is 0 Å². The summed E-state index contributed by atoms with van der Waals surface area (Å²) in [5, 5.41) is 5.93. The number of aromatic nitrogens is 2. The lowest BCUT2D eigenvalue weighted by molar-refractivity contribution is 0.0539. The molecule has 0 spiro atoms. The van der Waals surface area contributed by atoms with E-state index in [9.17, 15) is 22.8 Å². The molecule has 2 aromatic rings. The van der Waals surface area contributed by atoms with Crippen molar-refractivity contribution >= 4 is 17.5 Å². The summed E-state index contributed by atoms with van der Waals surface area (Å²) < 4.78 is 39.9. The standard InChI is InChI=1S/C18H17F3N4O2/c1-11-7-15(23-25(11)18(20)21)16(26)22-14-9-12(8-13(19)10-14)17(27)24-5-3-2-4-6-24/h2-3,7-10,18H,4-6H2,1H3,(H,22,26). The lowest BCUT2D eigenvalue weighted by atomic mass is 10.1. The molecule has 0 saturated carbocycles. The van der Waals surface area contributed by atoms with Crippen LogP contribution in [0.25, 0.3) is 0 Å². The number of carbonyl (C=O) groups is 2. The van der Waals surface area contributed by atoms with Crippen molar-refractivity contribution in [1.29, 1.82) is 0 Å². The van der Waals surface area contributed by atoms with Crippen molar-refractivity contribution in [3.8, 4) is 0 Å². The number of nitrogens with one attached hydrogen (secondary N) is 1. The highest BCUT2D eigenvalue weighted by atomic mass is 19.3. The van der Waals surface area contributed by atoms with Crippen LogP contribution >= 0.6 is 0 Å². The largest absolute Gasteiger partial charge is 0.335 e. The highest BCUT2D eigenvalue weighted by Gasteiger charge is 2.20. The molecule has 1 aliphatic heterocycles. The molecule has 1 aromatic carbocycles. The van der Waals surface area contributed by atoms with E-state index in [4.69, 9.17) is 0 Å². The summed E-state index contributed by atoms with van der Waals surface area (Å²) in [6, 6.07) is 4.68. The summed E-state index contributed by atoms with van der Waals surface area (Å²) in [7, 11) is 0. The van der Waals surface area contributed by atoms with E-state index in [0.29, 0.717) is 17.8 Å². The van der Waals surface area contributed by atoms with Gasteiger partial charge in [0.1, 0.15) is 5.82 Å². The molecule has 2 amide bonds. The molecule has 0 unspecified atom stereocenters. The number of alkyl halides is 2. The van der Waals surface area contributed by atoms with E-state index in [-0.39, 0.29) is 28.5 Å². The van der Waals surface area contributed by atoms with Gasteiger partial charge in [-0.3, -0.25) is 9.59 Å². The number of carbonyl (C=O) groups excluding carboxylic acids is 2. The van der Waals surface area contributed by atoms with Crippen LogP contribution in [0, 0.1) is 12.7 Å². The molecular weight excluding hydrogens is 361 g/mol. The summed E-state index contributed by atoms with van der Waals surface area (Å²) in [6.07, 6.45) is 4.53. The molecule has 0 aliphatic carbocycles. The molecule has 6 nitrogen and oxygen atoms in total. The zero-order chi connectivity index (χ0) is 19.6. The molecule has 1 aliphatic rings. The number of anilines is 1. The Balaban J connectivity index is 1.80. The Morgan fingerprint density at radius 1 is 1.19 bits per heavy atom. The van der Waals surface area contributed by atoms with Crippen molar-refractivity contribution in [2.75, 3.05) is 18.4 Å². The number of benzene rings is 1. The van der Waals surface area contributed by atoms with Gasteiger partial charge in [0.2, 0.25) is 0 Å². The van der Waals surface area contributed by atoms with Crippen LogP contribution in [0.2, 0.25) is 0 Å². The van der Waals surface area contributed by atoms with Crippen LogP contribution in [0.3, 0.4) is 0 Å². The highest BCUT2D eigenvalue weighted by Crippen LogP contribution is 2.19. The maximum Gasteiger partial charge on any atom is 0.333 e. The Hall–Kier alpha value is -3.10. The van der Waals surface area contributed by atoms with Gasteiger partial charge >= 0.3 is 6.55 Å². The fraction of sp³-hybridized carbons (Fsp3) is 0.278. The quantitative estimate of drug-likeness (QED) is 0.830. The van der Waals surface area contributed by atoms with E-state index < -0.39 is 18.3 Å². The van der Waals surface area contributed by atoms with Crippen molar-refractivity contribution in [2.45, 2.75) is 19.9 Å². The maximum atomic E-state index is 13.9. The third-order valence-electron chi connectivity index (χ3n) is 4.09. The first-order valence-corrected chi connectivity index (χ1v) is 8.25. The van der Waals surface area contributed by atoms with Crippen molar-refractivity contribution in [1.82, 2.24) is 14.7 Å². The molecule has 2 heterocycles. The number of nitrogens with zero attached hydrogens (tertiary/aromatic N) is 3. The van der Waals surface area contributed by atoms with Gasteiger partial charge in [-0.25, -0.2) is 9.07 Å². The Labute approximate surface area is 153 Å². The minimum absolute atomic E-state index is 0.0418. The first-order chi connectivity index (χ1) is 12.8.